The van der Waals surface area contributed by atoms with Gasteiger partial charge >= 0.3 is 0 Å². The van der Waals surface area contributed by atoms with Crippen molar-refractivity contribution in [3.05, 3.63) is 0 Å². The zero-order valence-electron chi connectivity index (χ0n) is 10.6. The Morgan fingerprint density at radius 1 is 1.19 bits per heavy atom. The number of nitrogens with zero attached hydrogens (tertiary/aromatic N) is 1. The third-order valence-electron chi connectivity index (χ3n) is 2.41. The van der Waals surface area contributed by atoms with Crippen LogP contribution in [0.2, 0.25) is 0 Å². The zero-order chi connectivity index (χ0) is 12.4. The minimum absolute atomic E-state index is 0.0934. The number of thiocarbonyl (C=S) groups is 1. The molecule has 4 nitrogen and oxygen atoms in total. The maximum absolute atomic E-state index is 5.65. The summed E-state index contributed by atoms with van der Waals surface area (Å²) < 4.78 is 10.7. The second kappa shape index (κ2) is 9.96. The summed E-state index contributed by atoms with van der Waals surface area (Å²) in [5, 5.41) is 0. The van der Waals surface area contributed by atoms with E-state index in [2.05, 4.69) is 4.90 Å². The molecule has 0 amide bonds. The van der Waals surface area contributed by atoms with Crippen molar-refractivity contribution < 1.29 is 9.47 Å². The first-order valence-corrected chi connectivity index (χ1v) is 6.23. The first-order chi connectivity index (χ1) is 7.63. The van der Waals surface area contributed by atoms with Gasteiger partial charge in [0.2, 0.25) is 0 Å². The molecule has 0 aliphatic rings. The van der Waals surface area contributed by atoms with Crippen LogP contribution in [0.15, 0.2) is 0 Å². The van der Waals surface area contributed by atoms with Crippen LogP contribution < -0.4 is 5.73 Å². The summed E-state index contributed by atoms with van der Waals surface area (Å²) in [4.78, 5) is 2.71. The third kappa shape index (κ3) is 7.11. The lowest BCUT2D eigenvalue weighted by Gasteiger charge is -2.27. The van der Waals surface area contributed by atoms with Crippen LogP contribution in [0.3, 0.4) is 0 Å². The van der Waals surface area contributed by atoms with Gasteiger partial charge in [-0.15, -0.1) is 0 Å². The van der Waals surface area contributed by atoms with E-state index >= 15 is 0 Å². The summed E-state index contributed by atoms with van der Waals surface area (Å²) in [7, 11) is 0. The maximum Gasteiger partial charge on any atom is 0.0899 e. The minimum atomic E-state index is 0.0934. The fraction of sp³-hybridized carbons (Fsp3) is 0.909. The van der Waals surface area contributed by atoms with Crippen molar-refractivity contribution in [3.8, 4) is 0 Å². The van der Waals surface area contributed by atoms with Crippen molar-refractivity contribution >= 4 is 17.2 Å². The van der Waals surface area contributed by atoms with Gasteiger partial charge in [0.25, 0.3) is 0 Å². The minimum Gasteiger partial charge on any atom is -0.392 e. The van der Waals surface area contributed by atoms with Crippen molar-refractivity contribution in [2.75, 3.05) is 39.5 Å². The Hall–Kier alpha value is -0.230. The van der Waals surface area contributed by atoms with Crippen LogP contribution in [-0.4, -0.2) is 55.4 Å². The molecule has 0 saturated heterocycles. The fourth-order valence-corrected chi connectivity index (χ4v) is 1.48. The normalized spacial score (nSPS) is 13.0. The second-order valence-electron chi connectivity index (χ2n) is 3.51. The molecule has 0 bridgehead atoms. The third-order valence-corrected chi connectivity index (χ3v) is 2.75. The van der Waals surface area contributed by atoms with Gasteiger partial charge in [0.05, 0.1) is 24.2 Å². The van der Waals surface area contributed by atoms with E-state index in [0.29, 0.717) is 18.2 Å². The average molecular weight is 248 g/mol. The van der Waals surface area contributed by atoms with Crippen molar-refractivity contribution in [3.63, 3.8) is 0 Å². The van der Waals surface area contributed by atoms with Crippen molar-refractivity contribution in [1.82, 2.24) is 4.90 Å². The van der Waals surface area contributed by atoms with Crippen LogP contribution in [0.5, 0.6) is 0 Å². The van der Waals surface area contributed by atoms with Crippen molar-refractivity contribution in [1.29, 1.82) is 0 Å². The lowest BCUT2D eigenvalue weighted by Crippen LogP contribution is -2.44. The Kier molecular flexibility index (Phi) is 9.82. The summed E-state index contributed by atoms with van der Waals surface area (Å²) in [6.07, 6.45) is 0. The lowest BCUT2D eigenvalue weighted by atomic mass is 10.3. The van der Waals surface area contributed by atoms with Gasteiger partial charge in [-0.25, -0.2) is 0 Å². The van der Waals surface area contributed by atoms with Gasteiger partial charge in [0, 0.05) is 26.3 Å². The molecule has 0 spiro atoms. The zero-order valence-corrected chi connectivity index (χ0v) is 11.4. The topological polar surface area (TPSA) is 47.7 Å². The van der Waals surface area contributed by atoms with Gasteiger partial charge in [0.15, 0.2) is 0 Å². The summed E-state index contributed by atoms with van der Waals surface area (Å²) in [6, 6.07) is 0.0934. The second-order valence-corrected chi connectivity index (χ2v) is 3.98. The number of ether oxygens (including phenoxy) is 2. The van der Waals surface area contributed by atoms with Gasteiger partial charge in [-0.05, 0) is 20.8 Å². The Morgan fingerprint density at radius 2 is 1.62 bits per heavy atom. The van der Waals surface area contributed by atoms with E-state index in [-0.39, 0.29) is 6.04 Å². The SMILES string of the molecule is CCOCCN(CCOCC)C(C)C(N)=S. The van der Waals surface area contributed by atoms with E-state index in [4.69, 9.17) is 27.4 Å². The highest BCUT2D eigenvalue weighted by molar-refractivity contribution is 7.80. The van der Waals surface area contributed by atoms with Gasteiger partial charge in [0.1, 0.15) is 0 Å². The Labute approximate surface area is 104 Å². The number of hydrogen-bond acceptors (Lipinski definition) is 4. The van der Waals surface area contributed by atoms with E-state index in [1.165, 1.54) is 0 Å². The molecule has 96 valence electrons. The van der Waals surface area contributed by atoms with Gasteiger partial charge in [-0.2, -0.15) is 0 Å². The number of rotatable bonds is 10. The highest BCUT2D eigenvalue weighted by Crippen LogP contribution is 2.00. The first kappa shape index (κ1) is 15.8. The molecule has 0 aromatic rings. The fourth-order valence-electron chi connectivity index (χ4n) is 1.33. The Balaban J connectivity index is 3.99. The highest BCUT2D eigenvalue weighted by Gasteiger charge is 2.15. The maximum atomic E-state index is 5.65. The predicted octanol–water partition coefficient (Wildman–Crippen LogP) is 1.04. The molecular formula is C11H24N2O2S. The standard InChI is InChI=1S/C11H24N2O2S/c1-4-14-8-6-13(7-9-15-5-2)10(3)11(12)16/h10H,4-9H2,1-3H3,(H2,12,16). The molecule has 1 atom stereocenters. The van der Waals surface area contributed by atoms with Gasteiger partial charge < -0.3 is 15.2 Å². The van der Waals surface area contributed by atoms with Crippen LogP contribution in [0.1, 0.15) is 20.8 Å². The molecule has 0 saturated carbocycles. The van der Waals surface area contributed by atoms with Gasteiger partial charge in [-0.1, -0.05) is 12.2 Å². The molecule has 0 aromatic heterocycles. The summed E-state index contributed by atoms with van der Waals surface area (Å²) >= 11 is 5.01. The number of hydrogen-bond donors (Lipinski definition) is 1. The molecule has 2 N–H and O–H groups in total. The quantitative estimate of drug-likeness (QED) is 0.462. The molecule has 0 aromatic carbocycles. The van der Waals surface area contributed by atoms with Crippen molar-refractivity contribution in [2.45, 2.75) is 26.8 Å². The Bertz CT molecular complexity index is 181. The van der Waals surface area contributed by atoms with E-state index in [0.717, 1.165) is 26.3 Å². The molecule has 0 fully saturated rings. The first-order valence-electron chi connectivity index (χ1n) is 5.82. The molecule has 1 unspecified atom stereocenters. The molecular weight excluding hydrogens is 224 g/mol. The molecule has 0 aliphatic heterocycles. The lowest BCUT2D eigenvalue weighted by molar-refractivity contribution is 0.0776. The van der Waals surface area contributed by atoms with Gasteiger partial charge in [-0.3, -0.25) is 4.90 Å². The highest BCUT2D eigenvalue weighted by atomic mass is 32.1. The smallest absolute Gasteiger partial charge is 0.0899 e. The van der Waals surface area contributed by atoms with Crippen LogP contribution >= 0.6 is 12.2 Å². The van der Waals surface area contributed by atoms with Crippen LogP contribution in [0, 0.1) is 0 Å². The number of nitrogens with two attached hydrogens (primary N) is 1. The van der Waals surface area contributed by atoms with Crippen LogP contribution in [0.4, 0.5) is 0 Å². The summed E-state index contributed by atoms with van der Waals surface area (Å²) in [5.74, 6) is 0. The van der Waals surface area contributed by atoms with Crippen molar-refractivity contribution in [2.24, 2.45) is 5.73 Å². The Morgan fingerprint density at radius 3 is 1.94 bits per heavy atom. The molecule has 0 heterocycles. The predicted molar refractivity (Wildman–Crippen MR) is 70.8 cm³/mol. The molecule has 0 aliphatic carbocycles. The molecule has 5 heteroatoms. The largest absolute Gasteiger partial charge is 0.392 e. The van der Waals surface area contributed by atoms with E-state index in [9.17, 15) is 0 Å². The molecule has 0 radical (unpaired) electrons. The van der Waals surface area contributed by atoms with E-state index in [1.807, 2.05) is 20.8 Å². The molecule has 16 heavy (non-hydrogen) atoms. The van der Waals surface area contributed by atoms with Crippen LogP contribution in [0.25, 0.3) is 0 Å². The van der Waals surface area contributed by atoms with E-state index in [1.54, 1.807) is 0 Å². The monoisotopic (exact) mass is 248 g/mol. The van der Waals surface area contributed by atoms with E-state index < -0.39 is 0 Å². The summed E-state index contributed by atoms with van der Waals surface area (Å²) in [5.41, 5.74) is 5.65. The average Bonchev–Trinajstić information content (AvgIpc) is 2.26. The summed E-state index contributed by atoms with van der Waals surface area (Å²) in [6.45, 7) is 10.5. The molecule has 0 rings (SSSR count). The van der Waals surface area contributed by atoms with Crippen LogP contribution in [-0.2, 0) is 9.47 Å².